The van der Waals surface area contributed by atoms with Crippen molar-refractivity contribution >= 4 is 5.91 Å². The normalized spacial score (nSPS) is 34.7. The first-order valence-corrected chi connectivity index (χ1v) is 13.0. The number of carbonyl (C=O) groups is 1. The third-order valence-electron chi connectivity index (χ3n) is 8.13. The smallest absolute Gasteiger partial charge is 0.223 e. The van der Waals surface area contributed by atoms with Gasteiger partial charge in [0.2, 0.25) is 5.91 Å². The summed E-state index contributed by atoms with van der Waals surface area (Å²) in [5, 5.41) is 5.42. The molecule has 32 heavy (non-hydrogen) atoms. The van der Waals surface area contributed by atoms with Crippen molar-refractivity contribution in [3.63, 3.8) is 0 Å². The molecule has 0 bridgehead atoms. The van der Waals surface area contributed by atoms with Gasteiger partial charge in [-0.3, -0.25) is 9.63 Å². The second-order valence-corrected chi connectivity index (χ2v) is 12.0. The number of hydrogen-bond donors (Lipinski definition) is 1. The fourth-order valence-electron chi connectivity index (χ4n) is 6.29. The average molecular weight is 452 g/mol. The molecule has 0 aromatic rings. The molecule has 6 atom stereocenters. The van der Waals surface area contributed by atoms with E-state index in [1.54, 1.807) is 0 Å². The maximum absolute atomic E-state index is 13.1. The monoisotopic (exact) mass is 451 g/mol. The number of methoxy groups -OCH3 is 1. The molecule has 1 N–H and O–H groups in total. The summed E-state index contributed by atoms with van der Waals surface area (Å²) in [5.41, 5.74) is 0.246. The van der Waals surface area contributed by atoms with Gasteiger partial charge >= 0.3 is 0 Å². The molecule has 1 amide bonds. The van der Waals surface area contributed by atoms with E-state index in [1.165, 1.54) is 25.7 Å². The highest BCUT2D eigenvalue weighted by atomic mass is 16.7. The molecule has 3 rings (SSSR count). The maximum atomic E-state index is 13.1. The first kappa shape index (κ1) is 25.9. The predicted octanol–water partition coefficient (Wildman–Crippen LogP) is 3.95. The molecular formula is C26H49N3O3. The molecule has 6 unspecified atom stereocenters. The van der Waals surface area contributed by atoms with Gasteiger partial charge < -0.3 is 15.0 Å². The van der Waals surface area contributed by atoms with Crippen LogP contribution < -0.4 is 5.32 Å². The first-order chi connectivity index (χ1) is 15.2. The summed E-state index contributed by atoms with van der Waals surface area (Å²) in [6, 6.07) is 0.465. The molecule has 1 aliphatic heterocycles. The number of nitrogens with zero attached hydrogens (tertiary/aromatic N) is 2. The zero-order valence-corrected chi connectivity index (χ0v) is 21.6. The van der Waals surface area contributed by atoms with Crippen molar-refractivity contribution in [2.75, 3.05) is 47.4 Å². The molecule has 3 aliphatic rings. The molecular weight excluding hydrogens is 402 g/mol. The molecule has 6 nitrogen and oxygen atoms in total. The SMILES string of the molecule is COC1C(CN2CCCO2)CCCC1C1CC(C(=O)NCCC(C)(C)C)CC(N(C)C)C1. The van der Waals surface area contributed by atoms with Gasteiger partial charge in [0.15, 0.2) is 0 Å². The maximum Gasteiger partial charge on any atom is 0.223 e. The fraction of sp³-hybridized carbons (Fsp3) is 0.962. The average Bonchev–Trinajstić information content (AvgIpc) is 3.25. The lowest BCUT2D eigenvalue weighted by atomic mass is 9.65. The van der Waals surface area contributed by atoms with Gasteiger partial charge in [-0.25, -0.2) is 0 Å². The lowest BCUT2D eigenvalue weighted by molar-refractivity contribution is -0.145. The molecule has 2 aliphatic carbocycles. The topological polar surface area (TPSA) is 54.0 Å². The Labute approximate surface area is 196 Å². The summed E-state index contributed by atoms with van der Waals surface area (Å²) in [6.45, 7) is 10.3. The van der Waals surface area contributed by atoms with E-state index in [0.29, 0.717) is 23.8 Å². The minimum absolute atomic E-state index is 0.112. The zero-order valence-electron chi connectivity index (χ0n) is 21.6. The van der Waals surface area contributed by atoms with E-state index in [1.807, 2.05) is 7.11 Å². The highest BCUT2D eigenvalue weighted by molar-refractivity contribution is 5.78. The molecule has 186 valence electrons. The van der Waals surface area contributed by atoms with Crippen LogP contribution in [0.2, 0.25) is 0 Å². The van der Waals surface area contributed by atoms with E-state index in [2.05, 4.69) is 50.1 Å². The largest absolute Gasteiger partial charge is 0.381 e. The predicted molar refractivity (Wildman–Crippen MR) is 129 cm³/mol. The Hall–Kier alpha value is -0.690. The fourth-order valence-corrected chi connectivity index (χ4v) is 6.29. The lowest BCUT2D eigenvalue weighted by Gasteiger charge is -2.46. The summed E-state index contributed by atoms with van der Waals surface area (Å²) >= 11 is 0. The zero-order chi connectivity index (χ0) is 23.3. The number of rotatable bonds is 8. The van der Waals surface area contributed by atoms with E-state index >= 15 is 0 Å². The Kier molecular flexibility index (Phi) is 9.42. The Morgan fingerprint density at radius 3 is 2.56 bits per heavy atom. The highest BCUT2D eigenvalue weighted by Gasteiger charge is 2.43. The van der Waals surface area contributed by atoms with Gasteiger partial charge in [-0.15, -0.1) is 0 Å². The molecule has 1 saturated heterocycles. The number of nitrogens with one attached hydrogen (secondary N) is 1. The van der Waals surface area contributed by atoms with Crippen molar-refractivity contribution in [1.29, 1.82) is 0 Å². The van der Waals surface area contributed by atoms with Crippen LogP contribution in [0.15, 0.2) is 0 Å². The lowest BCUT2D eigenvalue weighted by Crippen LogP contribution is -2.49. The second-order valence-electron chi connectivity index (χ2n) is 12.0. The summed E-state index contributed by atoms with van der Waals surface area (Å²) in [6.07, 6.45) is 9.26. The molecule has 1 heterocycles. The Bertz CT molecular complexity index is 585. The van der Waals surface area contributed by atoms with Crippen molar-refractivity contribution in [2.24, 2.45) is 29.1 Å². The minimum Gasteiger partial charge on any atom is -0.381 e. The number of hydrogen-bond acceptors (Lipinski definition) is 5. The first-order valence-electron chi connectivity index (χ1n) is 13.0. The Balaban J connectivity index is 1.66. The van der Waals surface area contributed by atoms with Crippen LogP contribution in [0.3, 0.4) is 0 Å². The number of amides is 1. The third-order valence-corrected chi connectivity index (χ3v) is 8.13. The molecule has 3 fully saturated rings. The van der Waals surface area contributed by atoms with E-state index in [0.717, 1.165) is 51.9 Å². The summed E-state index contributed by atoms with van der Waals surface area (Å²) in [7, 11) is 6.23. The molecule has 0 radical (unpaired) electrons. The number of hydroxylamine groups is 2. The molecule has 6 heteroatoms. The summed E-state index contributed by atoms with van der Waals surface area (Å²) in [5.74, 6) is 1.98. The van der Waals surface area contributed by atoms with Crippen molar-refractivity contribution in [2.45, 2.75) is 84.3 Å². The van der Waals surface area contributed by atoms with Crippen LogP contribution in [-0.4, -0.2) is 75.5 Å². The van der Waals surface area contributed by atoms with Crippen molar-refractivity contribution in [3.05, 3.63) is 0 Å². The third kappa shape index (κ3) is 7.15. The van der Waals surface area contributed by atoms with E-state index in [9.17, 15) is 4.79 Å². The van der Waals surface area contributed by atoms with Gasteiger partial charge in [-0.2, -0.15) is 5.06 Å². The van der Waals surface area contributed by atoms with Gasteiger partial charge in [0, 0.05) is 44.6 Å². The Morgan fingerprint density at radius 2 is 1.94 bits per heavy atom. The van der Waals surface area contributed by atoms with Gasteiger partial charge in [0.25, 0.3) is 0 Å². The van der Waals surface area contributed by atoms with Crippen LogP contribution in [-0.2, 0) is 14.4 Å². The van der Waals surface area contributed by atoms with Crippen LogP contribution in [0.5, 0.6) is 0 Å². The van der Waals surface area contributed by atoms with Crippen LogP contribution >= 0.6 is 0 Å². The molecule has 0 aromatic carbocycles. The van der Waals surface area contributed by atoms with Crippen LogP contribution in [0, 0.1) is 29.1 Å². The van der Waals surface area contributed by atoms with Crippen LogP contribution in [0.25, 0.3) is 0 Å². The highest BCUT2D eigenvalue weighted by Crippen LogP contribution is 2.44. The van der Waals surface area contributed by atoms with Crippen molar-refractivity contribution in [3.8, 4) is 0 Å². The van der Waals surface area contributed by atoms with Crippen LogP contribution in [0.1, 0.15) is 72.1 Å². The Morgan fingerprint density at radius 1 is 1.16 bits per heavy atom. The van der Waals surface area contributed by atoms with Crippen molar-refractivity contribution in [1.82, 2.24) is 15.3 Å². The van der Waals surface area contributed by atoms with Gasteiger partial charge in [0.1, 0.15) is 0 Å². The van der Waals surface area contributed by atoms with Gasteiger partial charge in [0.05, 0.1) is 12.7 Å². The standard InChI is InChI=1S/C26H49N3O3/c1-26(2,3)11-12-27-25(30)21-15-20(16-22(17-21)28(4)5)23-10-7-9-19(24(23)31-6)18-29-13-8-14-32-29/h19-24H,7-18H2,1-6H3,(H,27,30). The van der Waals surface area contributed by atoms with E-state index in [-0.39, 0.29) is 23.3 Å². The van der Waals surface area contributed by atoms with Gasteiger partial charge in [-0.05, 0) is 76.3 Å². The van der Waals surface area contributed by atoms with Gasteiger partial charge in [-0.1, -0.05) is 27.2 Å². The number of carbonyl (C=O) groups excluding carboxylic acids is 1. The second kappa shape index (κ2) is 11.6. The number of ether oxygens (including phenoxy) is 1. The molecule has 2 saturated carbocycles. The van der Waals surface area contributed by atoms with Crippen LogP contribution in [0.4, 0.5) is 0 Å². The van der Waals surface area contributed by atoms with E-state index in [4.69, 9.17) is 9.57 Å². The minimum atomic E-state index is 0.112. The van der Waals surface area contributed by atoms with Crippen molar-refractivity contribution < 1.29 is 14.4 Å². The van der Waals surface area contributed by atoms with E-state index < -0.39 is 0 Å². The quantitative estimate of drug-likeness (QED) is 0.605. The molecule has 0 spiro atoms. The molecule has 0 aromatic heterocycles. The summed E-state index contributed by atoms with van der Waals surface area (Å²) < 4.78 is 6.18. The summed E-state index contributed by atoms with van der Waals surface area (Å²) in [4.78, 5) is 21.3.